The number of phenolic OH excluding ortho intramolecular Hbond substituents is 1. The molecule has 3 amide bonds. The van der Waals surface area contributed by atoms with Crippen LogP contribution in [0.4, 0.5) is 4.79 Å². The Morgan fingerprint density at radius 3 is 2.57 bits per heavy atom. The first-order valence-electron chi connectivity index (χ1n) is 7.07. The molecular weight excluding hydrogens is 320 g/mol. The number of amides is 3. The molecule has 23 heavy (non-hydrogen) atoms. The topological polar surface area (TPSA) is 107 Å². The summed E-state index contributed by atoms with van der Waals surface area (Å²) in [5.41, 5.74) is 0.614. The highest BCUT2D eigenvalue weighted by atomic mass is 32.2. The molecule has 8 heteroatoms. The van der Waals surface area contributed by atoms with Gasteiger partial charge in [0.2, 0.25) is 0 Å². The minimum absolute atomic E-state index is 0.00990. The van der Waals surface area contributed by atoms with Gasteiger partial charge in [-0.05, 0) is 36.1 Å². The number of aliphatic carboxylic acids is 1. The number of carbonyl (C=O) groups is 3. The van der Waals surface area contributed by atoms with Crippen molar-refractivity contribution in [3.05, 3.63) is 29.8 Å². The molecule has 1 aliphatic rings. The minimum Gasteiger partial charge on any atom is -0.508 e. The van der Waals surface area contributed by atoms with Gasteiger partial charge in [-0.15, -0.1) is 0 Å². The molecule has 0 aromatic heterocycles. The quantitative estimate of drug-likeness (QED) is 0.642. The summed E-state index contributed by atoms with van der Waals surface area (Å²) in [7, 11) is 0. The number of benzene rings is 1. The van der Waals surface area contributed by atoms with E-state index in [1.54, 1.807) is 23.9 Å². The van der Waals surface area contributed by atoms with Crippen LogP contribution in [-0.4, -0.2) is 57.1 Å². The first kappa shape index (κ1) is 17.1. The Morgan fingerprint density at radius 2 is 2.00 bits per heavy atom. The Kier molecular flexibility index (Phi) is 5.49. The molecule has 0 bridgehead atoms. The van der Waals surface area contributed by atoms with Gasteiger partial charge in [-0.1, -0.05) is 12.1 Å². The van der Waals surface area contributed by atoms with Crippen LogP contribution < -0.4 is 5.32 Å². The minimum atomic E-state index is -1.27. The largest absolute Gasteiger partial charge is 0.508 e. The lowest BCUT2D eigenvalue weighted by Gasteiger charge is -2.21. The van der Waals surface area contributed by atoms with Crippen molar-refractivity contribution in [2.75, 3.05) is 12.0 Å². The maximum atomic E-state index is 12.3. The van der Waals surface area contributed by atoms with E-state index in [1.165, 1.54) is 12.1 Å². The third kappa shape index (κ3) is 3.95. The average Bonchev–Trinajstić information content (AvgIpc) is 2.79. The van der Waals surface area contributed by atoms with E-state index in [4.69, 9.17) is 0 Å². The summed E-state index contributed by atoms with van der Waals surface area (Å²) in [6.07, 6.45) is 2.35. The summed E-state index contributed by atoms with van der Waals surface area (Å²) < 4.78 is 0. The number of aromatic hydroxyl groups is 1. The van der Waals surface area contributed by atoms with Crippen molar-refractivity contribution >= 4 is 29.7 Å². The predicted molar refractivity (Wildman–Crippen MR) is 85.4 cm³/mol. The highest BCUT2D eigenvalue weighted by Gasteiger charge is 2.44. The molecule has 0 aliphatic carbocycles. The summed E-state index contributed by atoms with van der Waals surface area (Å²) in [5.74, 6) is -0.990. The molecule has 1 heterocycles. The standard InChI is InChI=1S/C15H18N2O5S/c1-23-7-6-11-13(19)17(15(22)16-11)12(14(20)21)8-9-2-4-10(18)5-3-9/h2-5,11-12,18H,6-8H2,1H3,(H,16,22)(H,20,21). The highest BCUT2D eigenvalue weighted by molar-refractivity contribution is 7.98. The monoisotopic (exact) mass is 338 g/mol. The molecule has 1 aromatic carbocycles. The van der Waals surface area contributed by atoms with Crippen LogP contribution >= 0.6 is 11.8 Å². The van der Waals surface area contributed by atoms with Crippen LogP contribution in [-0.2, 0) is 16.0 Å². The first-order chi connectivity index (χ1) is 10.9. The molecule has 124 valence electrons. The second-order valence-electron chi connectivity index (χ2n) is 5.22. The van der Waals surface area contributed by atoms with E-state index in [1.807, 2.05) is 6.26 Å². The van der Waals surface area contributed by atoms with Crippen LogP contribution in [0.2, 0.25) is 0 Å². The first-order valence-corrected chi connectivity index (χ1v) is 8.46. The van der Waals surface area contributed by atoms with Crippen LogP contribution in [0, 0.1) is 0 Å². The van der Waals surface area contributed by atoms with Gasteiger partial charge >= 0.3 is 12.0 Å². The Hall–Kier alpha value is -2.22. The third-order valence-electron chi connectivity index (χ3n) is 3.62. The lowest BCUT2D eigenvalue weighted by molar-refractivity contribution is -0.146. The average molecular weight is 338 g/mol. The number of carbonyl (C=O) groups excluding carboxylic acids is 2. The Bertz CT molecular complexity index is 604. The van der Waals surface area contributed by atoms with Gasteiger partial charge in [-0.3, -0.25) is 4.79 Å². The van der Waals surface area contributed by atoms with Gasteiger partial charge in [0.25, 0.3) is 5.91 Å². The number of nitrogens with one attached hydrogen (secondary N) is 1. The number of urea groups is 1. The number of hydrogen-bond donors (Lipinski definition) is 3. The Morgan fingerprint density at radius 1 is 1.35 bits per heavy atom. The molecule has 0 saturated carbocycles. The molecular formula is C15H18N2O5S. The zero-order valence-corrected chi connectivity index (χ0v) is 13.4. The van der Waals surface area contributed by atoms with Crippen molar-refractivity contribution < 1.29 is 24.6 Å². The number of nitrogens with zero attached hydrogens (tertiary/aromatic N) is 1. The number of phenols is 1. The van der Waals surface area contributed by atoms with Crippen LogP contribution in [0.1, 0.15) is 12.0 Å². The molecule has 2 rings (SSSR count). The molecule has 2 unspecified atom stereocenters. The molecule has 3 N–H and O–H groups in total. The predicted octanol–water partition coefficient (Wildman–Crippen LogP) is 1.06. The summed E-state index contributed by atoms with van der Waals surface area (Å²) >= 11 is 1.55. The number of hydrogen-bond acceptors (Lipinski definition) is 5. The van der Waals surface area contributed by atoms with Crippen LogP contribution in [0.15, 0.2) is 24.3 Å². The number of carboxylic acid groups (broad SMARTS) is 1. The van der Waals surface area contributed by atoms with Crippen LogP contribution in [0.3, 0.4) is 0 Å². The molecule has 1 saturated heterocycles. The van der Waals surface area contributed by atoms with E-state index in [2.05, 4.69) is 5.32 Å². The maximum Gasteiger partial charge on any atom is 0.327 e. The van der Waals surface area contributed by atoms with E-state index in [0.29, 0.717) is 17.7 Å². The lowest BCUT2D eigenvalue weighted by atomic mass is 10.0. The zero-order chi connectivity index (χ0) is 17.0. The fourth-order valence-corrected chi connectivity index (χ4v) is 2.89. The van der Waals surface area contributed by atoms with Crippen LogP contribution in [0.25, 0.3) is 0 Å². The SMILES string of the molecule is CSCCC1NC(=O)N(C(Cc2ccc(O)cc2)C(=O)O)C1=O. The normalized spacial score (nSPS) is 18.8. The van der Waals surface area contributed by atoms with E-state index in [9.17, 15) is 24.6 Å². The molecule has 0 radical (unpaired) electrons. The van der Waals surface area contributed by atoms with Crippen molar-refractivity contribution in [1.82, 2.24) is 10.2 Å². The third-order valence-corrected chi connectivity index (χ3v) is 4.27. The summed E-state index contributed by atoms with van der Waals surface area (Å²) in [6, 6.07) is 3.38. The van der Waals surface area contributed by atoms with Gasteiger partial charge in [0.05, 0.1) is 0 Å². The Labute approximate surface area is 137 Å². The molecule has 2 atom stereocenters. The van der Waals surface area contributed by atoms with E-state index in [-0.39, 0.29) is 12.2 Å². The van der Waals surface area contributed by atoms with Gasteiger partial charge in [-0.25, -0.2) is 14.5 Å². The van der Waals surface area contributed by atoms with E-state index >= 15 is 0 Å². The summed E-state index contributed by atoms with van der Waals surface area (Å²) in [6.45, 7) is 0. The summed E-state index contributed by atoms with van der Waals surface area (Å²) in [4.78, 5) is 36.7. The molecule has 1 fully saturated rings. The van der Waals surface area contributed by atoms with Gasteiger partial charge in [0.1, 0.15) is 17.8 Å². The summed E-state index contributed by atoms with van der Waals surface area (Å²) in [5, 5.41) is 21.2. The van der Waals surface area contributed by atoms with E-state index in [0.717, 1.165) is 4.90 Å². The van der Waals surface area contributed by atoms with Gasteiger partial charge < -0.3 is 15.5 Å². The molecule has 0 spiro atoms. The van der Waals surface area contributed by atoms with Crippen molar-refractivity contribution in [3.8, 4) is 5.75 Å². The molecule has 1 aromatic rings. The van der Waals surface area contributed by atoms with Gasteiger partial charge in [0, 0.05) is 6.42 Å². The maximum absolute atomic E-state index is 12.3. The van der Waals surface area contributed by atoms with E-state index < -0.39 is 30.0 Å². The van der Waals surface area contributed by atoms with Gasteiger partial charge in [-0.2, -0.15) is 11.8 Å². The zero-order valence-electron chi connectivity index (χ0n) is 12.6. The second-order valence-corrected chi connectivity index (χ2v) is 6.20. The number of rotatable bonds is 7. The fourth-order valence-electron chi connectivity index (χ4n) is 2.42. The Balaban J connectivity index is 2.16. The van der Waals surface area contributed by atoms with Crippen LogP contribution in [0.5, 0.6) is 5.75 Å². The fraction of sp³-hybridized carbons (Fsp3) is 0.400. The lowest BCUT2D eigenvalue weighted by Crippen LogP contribution is -2.47. The van der Waals surface area contributed by atoms with Crippen molar-refractivity contribution in [2.45, 2.75) is 24.9 Å². The smallest absolute Gasteiger partial charge is 0.327 e. The van der Waals surface area contributed by atoms with Crippen molar-refractivity contribution in [2.24, 2.45) is 0 Å². The number of thioether (sulfide) groups is 1. The van der Waals surface area contributed by atoms with Crippen molar-refractivity contribution in [3.63, 3.8) is 0 Å². The number of carboxylic acids is 1. The number of imide groups is 1. The molecule has 7 nitrogen and oxygen atoms in total. The highest BCUT2D eigenvalue weighted by Crippen LogP contribution is 2.19. The molecule has 1 aliphatic heterocycles. The van der Waals surface area contributed by atoms with Crippen molar-refractivity contribution in [1.29, 1.82) is 0 Å². The van der Waals surface area contributed by atoms with Gasteiger partial charge in [0.15, 0.2) is 0 Å². The second kappa shape index (κ2) is 7.36.